The van der Waals surface area contributed by atoms with Crippen LogP contribution in [-0.4, -0.2) is 54.3 Å². The van der Waals surface area contributed by atoms with Gasteiger partial charge >= 0.3 is 0 Å². The van der Waals surface area contributed by atoms with Crippen molar-refractivity contribution in [3.63, 3.8) is 0 Å². The van der Waals surface area contributed by atoms with Gasteiger partial charge in [-0.25, -0.2) is 4.39 Å². The molecule has 1 aliphatic heterocycles. The molecule has 2 aliphatic rings. The zero-order chi connectivity index (χ0) is 23.5. The van der Waals surface area contributed by atoms with Gasteiger partial charge in [-0.2, -0.15) is 5.26 Å². The van der Waals surface area contributed by atoms with Crippen molar-refractivity contribution < 1.29 is 14.0 Å². The van der Waals surface area contributed by atoms with Gasteiger partial charge in [0, 0.05) is 44.0 Å². The minimum atomic E-state index is -0.473. The standard InChI is InChI=1S/C24H26ClFN4O2S/c1-15-2-4-17-19(14-27)23(33-21(17)12-15)28-22(31)6-7-29-8-10-30(11-9-29)24(32)18-5-3-16(26)13-20(18)25/h3,5,13,15H,2,4,6-12H2,1H3,(H,28,31). The van der Waals surface area contributed by atoms with Gasteiger partial charge in [-0.1, -0.05) is 18.5 Å². The van der Waals surface area contributed by atoms with Crippen LogP contribution in [-0.2, 0) is 17.6 Å². The molecular formula is C24H26ClFN4O2S. The number of amides is 2. The third-order valence-corrected chi connectivity index (χ3v) is 7.84. The van der Waals surface area contributed by atoms with E-state index in [1.165, 1.54) is 28.3 Å². The van der Waals surface area contributed by atoms with Gasteiger partial charge in [0.1, 0.15) is 16.9 Å². The number of nitrogens with one attached hydrogen (secondary N) is 1. The number of halogens is 2. The molecule has 0 spiro atoms. The van der Waals surface area contributed by atoms with E-state index in [0.29, 0.717) is 61.2 Å². The molecule has 0 saturated carbocycles. The number of nitrogens with zero attached hydrogens (tertiary/aromatic N) is 3. The van der Waals surface area contributed by atoms with E-state index in [4.69, 9.17) is 11.6 Å². The first kappa shape index (κ1) is 23.7. The molecule has 33 heavy (non-hydrogen) atoms. The van der Waals surface area contributed by atoms with Crippen molar-refractivity contribution in [1.29, 1.82) is 5.26 Å². The Morgan fingerprint density at radius 3 is 2.76 bits per heavy atom. The van der Waals surface area contributed by atoms with Crippen LogP contribution >= 0.6 is 22.9 Å². The van der Waals surface area contributed by atoms with Gasteiger partial charge in [-0.3, -0.25) is 14.5 Å². The van der Waals surface area contributed by atoms with Crippen LogP contribution in [0.2, 0.25) is 5.02 Å². The fourth-order valence-electron chi connectivity index (χ4n) is 4.41. The number of nitriles is 1. The van der Waals surface area contributed by atoms with Crippen molar-refractivity contribution in [2.24, 2.45) is 5.92 Å². The Balaban J connectivity index is 1.27. The van der Waals surface area contributed by atoms with E-state index in [2.05, 4.69) is 23.2 Å². The topological polar surface area (TPSA) is 76.4 Å². The molecule has 0 bridgehead atoms. The van der Waals surface area contributed by atoms with E-state index in [9.17, 15) is 19.2 Å². The first-order valence-corrected chi connectivity index (χ1v) is 12.4. The lowest BCUT2D eigenvalue weighted by Crippen LogP contribution is -2.49. The van der Waals surface area contributed by atoms with Gasteiger partial charge in [0.05, 0.1) is 16.1 Å². The molecule has 174 valence electrons. The molecule has 4 rings (SSSR count). The van der Waals surface area contributed by atoms with Crippen molar-refractivity contribution in [2.45, 2.75) is 32.6 Å². The number of hydrogen-bond acceptors (Lipinski definition) is 5. The fraction of sp³-hybridized carbons (Fsp3) is 0.458. The summed E-state index contributed by atoms with van der Waals surface area (Å²) >= 11 is 7.56. The second-order valence-electron chi connectivity index (χ2n) is 8.72. The predicted octanol–water partition coefficient (Wildman–Crippen LogP) is 4.32. The van der Waals surface area contributed by atoms with E-state index in [0.717, 1.165) is 30.9 Å². The first-order valence-electron chi connectivity index (χ1n) is 11.2. The highest BCUT2D eigenvalue weighted by Crippen LogP contribution is 2.39. The Bertz CT molecular complexity index is 1100. The number of rotatable bonds is 5. The van der Waals surface area contributed by atoms with Gasteiger partial charge in [0.2, 0.25) is 5.91 Å². The number of hydrogen-bond donors (Lipinski definition) is 1. The highest BCUT2D eigenvalue weighted by Gasteiger charge is 2.26. The highest BCUT2D eigenvalue weighted by atomic mass is 35.5. The van der Waals surface area contributed by atoms with E-state index < -0.39 is 5.82 Å². The second-order valence-corrected chi connectivity index (χ2v) is 10.2. The van der Waals surface area contributed by atoms with Crippen LogP contribution in [0.3, 0.4) is 0 Å². The first-order chi connectivity index (χ1) is 15.9. The number of piperazine rings is 1. The van der Waals surface area contributed by atoms with Crippen LogP contribution in [0, 0.1) is 23.1 Å². The normalized spacial score (nSPS) is 18.5. The van der Waals surface area contributed by atoms with Crippen LogP contribution in [0.1, 0.15) is 46.1 Å². The molecule has 2 aromatic rings. The second kappa shape index (κ2) is 10.2. The minimum Gasteiger partial charge on any atom is -0.336 e. The monoisotopic (exact) mass is 488 g/mol. The third-order valence-electron chi connectivity index (χ3n) is 6.35. The Morgan fingerprint density at radius 1 is 1.30 bits per heavy atom. The van der Waals surface area contributed by atoms with Crippen molar-refractivity contribution in [3.8, 4) is 6.07 Å². The van der Waals surface area contributed by atoms with Crippen LogP contribution in [0.5, 0.6) is 0 Å². The van der Waals surface area contributed by atoms with E-state index in [-0.39, 0.29) is 16.8 Å². The largest absolute Gasteiger partial charge is 0.336 e. The zero-order valence-electron chi connectivity index (χ0n) is 18.5. The maximum absolute atomic E-state index is 13.2. The Labute approximate surface area is 201 Å². The van der Waals surface area contributed by atoms with Crippen LogP contribution in [0.25, 0.3) is 0 Å². The molecule has 1 aromatic heterocycles. The number of benzene rings is 1. The molecule has 6 nitrogen and oxygen atoms in total. The molecule has 2 heterocycles. The fourth-order valence-corrected chi connectivity index (χ4v) is 6.04. The third kappa shape index (κ3) is 5.37. The molecule has 2 amide bonds. The van der Waals surface area contributed by atoms with Crippen molar-refractivity contribution in [1.82, 2.24) is 9.80 Å². The lowest BCUT2D eigenvalue weighted by atomic mass is 9.89. The zero-order valence-corrected chi connectivity index (χ0v) is 20.1. The molecule has 1 fully saturated rings. The summed E-state index contributed by atoms with van der Waals surface area (Å²) in [5, 5.41) is 13.3. The summed E-state index contributed by atoms with van der Waals surface area (Å²) in [6, 6.07) is 6.07. The lowest BCUT2D eigenvalue weighted by molar-refractivity contribution is -0.116. The summed E-state index contributed by atoms with van der Waals surface area (Å²) in [6.07, 6.45) is 3.27. The number of thiophene rings is 1. The van der Waals surface area contributed by atoms with Gasteiger partial charge < -0.3 is 10.2 Å². The van der Waals surface area contributed by atoms with Gasteiger partial charge in [-0.05, 0) is 48.9 Å². The van der Waals surface area contributed by atoms with E-state index in [1.807, 2.05) is 0 Å². The molecule has 1 saturated heterocycles. The molecule has 1 aliphatic carbocycles. The van der Waals surface area contributed by atoms with Gasteiger partial charge in [0.25, 0.3) is 5.91 Å². The maximum atomic E-state index is 13.2. The summed E-state index contributed by atoms with van der Waals surface area (Å²) < 4.78 is 13.2. The average molecular weight is 489 g/mol. The van der Waals surface area contributed by atoms with E-state index in [1.54, 1.807) is 4.90 Å². The van der Waals surface area contributed by atoms with Gasteiger partial charge in [0.15, 0.2) is 0 Å². The predicted molar refractivity (Wildman–Crippen MR) is 127 cm³/mol. The summed E-state index contributed by atoms with van der Waals surface area (Å²) in [7, 11) is 0. The average Bonchev–Trinajstić information content (AvgIpc) is 3.13. The molecule has 1 atom stereocenters. The minimum absolute atomic E-state index is 0.102. The molecule has 1 aromatic carbocycles. The number of carbonyl (C=O) groups excluding carboxylic acids is 2. The SMILES string of the molecule is CC1CCc2c(sc(NC(=O)CCN3CCN(C(=O)c4ccc(F)cc4Cl)CC3)c2C#N)C1. The Kier molecular flexibility index (Phi) is 7.32. The molecule has 9 heteroatoms. The molecule has 1 N–H and O–H groups in total. The van der Waals surface area contributed by atoms with Crippen LogP contribution in [0.15, 0.2) is 18.2 Å². The summed E-state index contributed by atoms with van der Waals surface area (Å²) in [5.41, 5.74) is 2.03. The molecular weight excluding hydrogens is 463 g/mol. The Hall–Kier alpha value is -2.47. The lowest BCUT2D eigenvalue weighted by Gasteiger charge is -2.34. The van der Waals surface area contributed by atoms with E-state index >= 15 is 0 Å². The smallest absolute Gasteiger partial charge is 0.255 e. The number of fused-ring (bicyclic) bond motifs is 1. The van der Waals surface area contributed by atoms with Crippen molar-refractivity contribution in [2.75, 3.05) is 38.0 Å². The van der Waals surface area contributed by atoms with Crippen molar-refractivity contribution >= 4 is 39.8 Å². The maximum Gasteiger partial charge on any atom is 0.255 e. The van der Waals surface area contributed by atoms with Gasteiger partial charge in [-0.15, -0.1) is 11.3 Å². The summed E-state index contributed by atoms with van der Waals surface area (Å²) in [5.74, 6) is -0.179. The highest BCUT2D eigenvalue weighted by molar-refractivity contribution is 7.16. The molecule has 0 radical (unpaired) electrons. The quantitative estimate of drug-likeness (QED) is 0.679. The van der Waals surface area contributed by atoms with Crippen molar-refractivity contribution in [3.05, 3.63) is 50.6 Å². The molecule has 1 unspecified atom stereocenters. The summed E-state index contributed by atoms with van der Waals surface area (Å²) in [6.45, 7) is 5.12. The number of anilines is 1. The van der Waals surface area contributed by atoms with Crippen LogP contribution < -0.4 is 5.32 Å². The number of carbonyl (C=O) groups is 2. The summed E-state index contributed by atoms with van der Waals surface area (Å²) in [4.78, 5) is 30.3. The van der Waals surface area contributed by atoms with Crippen LogP contribution in [0.4, 0.5) is 9.39 Å². The Morgan fingerprint density at radius 2 is 2.06 bits per heavy atom.